The van der Waals surface area contributed by atoms with Crippen LogP contribution in [0.15, 0.2) is 30.3 Å². The van der Waals surface area contributed by atoms with Gasteiger partial charge in [0.25, 0.3) is 0 Å². The third-order valence-electron chi connectivity index (χ3n) is 4.41. The van der Waals surface area contributed by atoms with Gasteiger partial charge in [-0.2, -0.15) is 0 Å². The Bertz CT molecular complexity index is 510. The molecule has 3 N–H and O–H groups in total. The molecule has 1 aromatic carbocycles. The molecule has 0 bridgehead atoms. The second-order valence-corrected chi connectivity index (χ2v) is 6.28. The summed E-state index contributed by atoms with van der Waals surface area (Å²) in [5.41, 5.74) is 6.31. The number of nitrogens with zero attached hydrogens (tertiary/aromatic N) is 1. The molecule has 1 fully saturated rings. The molecule has 0 radical (unpaired) electrons. The maximum atomic E-state index is 12.7. The Kier molecular flexibility index (Phi) is 6.59. The number of primary amides is 1. The first-order valence-electron chi connectivity index (χ1n) is 8.46. The van der Waals surface area contributed by atoms with Crippen molar-refractivity contribution in [2.24, 2.45) is 5.73 Å². The van der Waals surface area contributed by atoms with Gasteiger partial charge in [-0.05, 0) is 24.8 Å². The summed E-state index contributed by atoms with van der Waals surface area (Å²) in [6, 6.07) is 10.2. The van der Waals surface area contributed by atoms with E-state index in [1.165, 1.54) is 0 Å². The average Bonchev–Trinajstić information content (AvgIpc) is 2.54. The molecule has 1 aliphatic rings. The standard InChI is InChI=1S/C18H27N3O2/c1-2-6-16(14-7-4-3-5-8-14)18(23)20-15-9-11-21(12-10-15)13-17(19)22/h3-5,7-8,15-16H,2,6,9-13H2,1H3,(H2,19,22)(H,20,23)/t16-/m0/s1. The predicted octanol–water partition coefficient (Wildman–Crippen LogP) is 1.64. The van der Waals surface area contributed by atoms with Crippen molar-refractivity contribution in [3.05, 3.63) is 35.9 Å². The molecule has 23 heavy (non-hydrogen) atoms. The van der Waals surface area contributed by atoms with E-state index in [2.05, 4.69) is 12.2 Å². The van der Waals surface area contributed by atoms with Crippen molar-refractivity contribution in [3.8, 4) is 0 Å². The quantitative estimate of drug-likeness (QED) is 0.802. The monoisotopic (exact) mass is 317 g/mol. The third kappa shape index (κ3) is 5.36. The fraction of sp³-hybridized carbons (Fsp3) is 0.556. The van der Waals surface area contributed by atoms with Crippen LogP contribution in [0.4, 0.5) is 0 Å². The van der Waals surface area contributed by atoms with E-state index in [0.717, 1.165) is 44.3 Å². The lowest BCUT2D eigenvalue weighted by Crippen LogP contribution is -2.47. The van der Waals surface area contributed by atoms with Crippen molar-refractivity contribution in [1.82, 2.24) is 10.2 Å². The van der Waals surface area contributed by atoms with Gasteiger partial charge in [-0.25, -0.2) is 0 Å². The topological polar surface area (TPSA) is 75.4 Å². The second-order valence-electron chi connectivity index (χ2n) is 6.28. The van der Waals surface area contributed by atoms with Gasteiger partial charge in [-0.15, -0.1) is 0 Å². The lowest BCUT2D eigenvalue weighted by atomic mass is 9.92. The molecule has 0 spiro atoms. The number of piperidine rings is 1. The number of nitrogens with two attached hydrogens (primary N) is 1. The number of carbonyl (C=O) groups is 2. The van der Waals surface area contributed by atoms with Crippen molar-refractivity contribution in [2.45, 2.75) is 44.6 Å². The summed E-state index contributed by atoms with van der Waals surface area (Å²) in [5, 5.41) is 3.19. The van der Waals surface area contributed by atoms with Crippen LogP contribution in [0.1, 0.15) is 44.1 Å². The van der Waals surface area contributed by atoms with E-state index in [0.29, 0.717) is 6.54 Å². The highest BCUT2D eigenvalue weighted by Gasteiger charge is 2.25. The highest BCUT2D eigenvalue weighted by atomic mass is 16.2. The summed E-state index contributed by atoms with van der Waals surface area (Å²) < 4.78 is 0. The van der Waals surface area contributed by atoms with Crippen molar-refractivity contribution in [3.63, 3.8) is 0 Å². The molecule has 0 aromatic heterocycles. The summed E-state index contributed by atoms with van der Waals surface area (Å²) in [6.45, 7) is 4.02. The van der Waals surface area contributed by atoms with Gasteiger partial charge in [-0.3, -0.25) is 14.5 Å². The van der Waals surface area contributed by atoms with Crippen molar-refractivity contribution < 1.29 is 9.59 Å². The van der Waals surface area contributed by atoms with Gasteiger partial charge in [0.1, 0.15) is 0 Å². The van der Waals surface area contributed by atoms with Crippen LogP contribution in [-0.2, 0) is 9.59 Å². The van der Waals surface area contributed by atoms with Crippen molar-refractivity contribution in [1.29, 1.82) is 0 Å². The molecule has 126 valence electrons. The van der Waals surface area contributed by atoms with Crippen molar-refractivity contribution >= 4 is 11.8 Å². The molecule has 1 aromatic rings. The van der Waals surface area contributed by atoms with Crippen LogP contribution in [0, 0.1) is 0 Å². The van der Waals surface area contributed by atoms with E-state index >= 15 is 0 Å². The SMILES string of the molecule is CCC[C@H](C(=O)NC1CCN(CC(N)=O)CC1)c1ccccc1. The van der Waals surface area contributed by atoms with Gasteiger partial charge in [0.05, 0.1) is 12.5 Å². The van der Waals surface area contributed by atoms with Gasteiger partial charge >= 0.3 is 0 Å². The fourth-order valence-electron chi connectivity index (χ4n) is 3.18. The zero-order chi connectivity index (χ0) is 16.7. The summed E-state index contributed by atoms with van der Waals surface area (Å²) in [4.78, 5) is 25.7. The minimum atomic E-state index is -0.292. The molecule has 2 amide bonds. The van der Waals surface area contributed by atoms with E-state index < -0.39 is 0 Å². The Labute approximate surface area is 138 Å². The molecule has 5 heteroatoms. The lowest BCUT2D eigenvalue weighted by molar-refractivity contribution is -0.124. The smallest absolute Gasteiger partial charge is 0.231 e. The molecule has 1 saturated heterocycles. The Morgan fingerprint density at radius 3 is 2.48 bits per heavy atom. The Morgan fingerprint density at radius 2 is 1.91 bits per heavy atom. The van der Waals surface area contributed by atoms with Gasteiger partial charge < -0.3 is 11.1 Å². The molecule has 0 saturated carbocycles. The zero-order valence-corrected chi connectivity index (χ0v) is 13.8. The lowest BCUT2D eigenvalue weighted by Gasteiger charge is -2.32. The highest BCUT2D eigenvalue weighted by Crippen LogP contribution is 2.22. The van der Waals surface area contributed by atoms with E-state index in [4.69, 9.17) is 5.73 Å². The van der Waals surface area contributed by atoms with Crippen LogP contribution in [0.25, 0.3) is 0 Å². The molecule has 1 aliphatic heterocycles. The molecule has 0 unspecified atom stereocenters. The predicted molar refractivity (Wildman–Crippen MR) is 90.9 cm³/mol. The first kappa shape index (κ1) is 17.5. The van der Waals surface area contributed by atoms with Crippen molar-refractivity contribution in [2.75, 3.05) is 19.6 Å². The van der Waals surface area contributed by atoms with Gasteiger partial charge in [0.15, 0.2) is 0 Å². The van der Waals surface area contributed by atoms with E-state index in [9.17, 15) is 9.59 Å². The fourth-order valence-corrected chi connectivity index (χ4v) is 3.18. The Morgan fingerprint density at radius 1 is 1.26 bits per heavy atom. The molecule has 0 aliphatic carbocycles. The number of likely N-dealkylation sites (tertiary alicyclic amines) is 1. The minimum absolute atomic E-state index is 0.0788. The number of benzene rings is 1. The van der Waals surface area contributed by atoms with Gasteiger partial charge in [-0.1, -0.05) is 43.7 Å². The van der Waals surface area contributed by atoms with Crippen LogP contribution in [0.2, 0.25) is 0 Å². The highest BCUT2D eigenvalue weighted by molar-refractivity contribution is 5.83. The molecular formula is C18H27N3O2. The summed E-state index contributed by atoms with van der Waals surface area (Å²) in [5.74, 6) is -0.254. The average molecular weight is 317 g/mol. The Balaban J connectivity index is 1.89. The normalized spacial score (nSPS) is 17.6. The number of nitrogens with one attached hydrogen (secondary N) is 1. The maximum absolute atomic E-state index is 12.7. The van der Waals surface area contributed by atoms with Gasteiger partial charge in [0.2, 0.25) is 11.8 Å². The van der Waals surface area contributed by atoms with E-state index in [1.54, 1.807) is 0 Å². The molecular weight excluding hydrogens is 290 g/mol. The number of amides is 2. The van der Waals surface area contributed by atoms with Crippen LogP contribution >= 0.6 is 0 Å². The largest absolute Gasteiger partial charge is 0.369 e. The molecule has 2 rings (SSSR count). The van der Waals surface area contributed by atoms with Crippen LogP contribution < -0.4 is 11.1 Å². The maximum Gasteiger partial charge on any atom is 0.231 e. The minimum Gasteiger partial charge on any atom is -0.369 e. The summed E-state index contributed by atoms with van der Waals surface area (Å²) in [7, 11) is 0. The summed E-state index contributed by atoms with van der Waals surface area (Å²) in [6.07, 6.45) is 3.57. The summed E-state index contributed by atoms with van der Waals surface area (Å²) >= 11 is 0. The van der Waals surface area contributed by atoms with E-state index in [-0.39, 0.29) is 23.8 Å². The molecule has 1 atom stereocenters. The van der Waals surface area contributed by atoms with Gasteiger partial charge in [0, 0.05) is 19.1 Å². The number of carbonyl (C=O) groups excluding carboxylic acids is 2. The second kappa shape index (κ2) is 8.67. The molecule has 1 heterocycles. The number of hydrogen-bond acceptors (Lipinski definition) is 3. The number of hydrogen-bond donors (Lipinski definition) is 2. The van der Waals surface area contributed by atoms with Crippen LogP contribution in [0.5, 0.6) is 0 Å². The third-order valence-corrected chi connectivity index (χ3v) is 4.41. The Hall–Kier alpha value is -1.88. The first-order chi connectivity index (χ1) is 11.1. The molecule has 5 nitrogen and oxygen atoms in total. The van der Waals surface area contributed by atoms with E-state index in [1.807, 2.05) is 35.2 Å². The van der Waals surface area contributed by atoms with Crippen LogP contribution in [-0.4, -0.2) is 42.4 Å². The number of rotatable bonds is 7. The zero-order valence-electron chi connectivity index (χ0n) is 13.8. The van der Waals surface area contributed by atoms with Crippen LogP contribution in [0.3, 0.4) is 0 Å². The first-order valence-corrected chi connectivity index (χ1v) is 8.46.